The predicted octanol–water partition coefficient (Wildman–Crippen LogP) is 5.76. The summed E-state index contributed by atoms with van der Waals surface area (Å²) in [4.78, 5) is 0. The molecule has 0 saturated heterocycles. The van der Waals surface area contributed by atoms with Gasteiger partial charge in [0.25, 0.3) is 0 Å². The highest BCUT2D eigenvalue weighted by molar-refractivity contribution is 5.27. The summed E-state index contributed by atoms with van der Waals surface area (Å²) in [6, 6.07) is 7.42. The highest BCUT2D eigenvalue weighted by Gasteiger charge is 2.14. The highest BCUT2D eigenvalue weighted by Crippen LogP contribution is 2.13. The molecule has 1 aromatic carbocycles. The maximum Gasteiger partial charge on any atom is 0.118 e. The van der Waals surface area contributed by atoms with Crippen LogP contribution in [0.2, 0.25) is 0 Å². The van der Waals surface area contributed by atoms with Gasteiger partial charge < -0.3 is 20.3 Å². The normalized spacial score (nSPS) is 13.6. The van der Waals surface area contributed by atoms with Gasteiger partial charge in [-0.2, -0.15) is 0 Å². The standard InChI is InChI=1S/C26H45NO3/c1-3-4-5-6-7-8-9-10-11-12-13-14-15-16-26(29)25(22-28)27-21-23-17-19-24(30-2)20-18-23/h15-20,25-29H,3-14,21-22H2,1-2H3/b16-15+/t25-,26+/m0/s1. The van der Waals surface area contributed by atoms with Gasteiger partial charge in [-0.3, -0.25) is 0 Å². The molecule has 0 aliphatic heterocycles. The highest BCUT2D eigenvalue weighted by atomic mass is 16.5. The zero-order chi connectivity index (χ0) is 21.9. The van der Waals surface area contributed by atoms with Crippen molar-refractivity contribution in [2.45, 2.75) is 103 Å². The van der Waals surface area contributed by atoms with Crippen LogP contribution in [0.5, 0.6) is 5.75 Å². The first-order valence-corrected chi connectivity index (χ1v) is 12.0. The fourth-order valence-electron chi connectivity index (χ4n) is 3.58. The zero-order valence-corrected chi connectivity index (χ0v) is 19.3. The van der Waals surface area contributed by atoms with E-state index in [1.165, 1.54) is 70.6 Å². The first-order chi connectivity index (χ1) is 14.7. The van der Waals surface area contributed by atoms with Gasteiger partial charge in [0.15, 0.2) is 0 Å². The van der Waals surface area contributed by atoms with E-state index in [1.807, 2.05) is 30.3 Å². The molecule has 30 heavy (non-hydrogen) atoms. The molecular formula is C26H45NO3. The minimum absolute atomic E-state index is 0.0971. The average molecular weight is 420 g/mol. The quantitative estimate of drug-likeness (QED) is 0.197. The first kappa shape index (κ1) is 26.7. The molecule has 0 aliphatic carbocycles. The van der Waals surface area contributed by atoms with Crippen molar-refractivity contribution in [3.63, 3.8) is 0 Å². The number of benzene rings is 1. The second kappa shape index (κ2) is 18.4. The third-order valence-electron chi connectivity index (χ3n) is 5.64. The Kier molecular flexibility index (Phi) is 16.4. The Morgan fingerprint density at radius 3 is 2.00 bits per heavy atom. The average Bonchev–Trinajstić information content (AvgIpc) is 2.77. The van der Waals surface area contributed by atoms with E-state index in [0.29, 0.717) is 6.54 Å². The van der Waals surface area contributed by atoms with E-state index in [9.17, 15) is 10.2 Å². The summed E-state index contributed by atoms with van der Waals surface area (Å²) in [7, 11) is 1.65. The van der Waals surface area contributed by atoms with Crippen LogP contribution in [0.15, 0.2) is 36.4 Å². The Morgan fingerprint density at radius 1 is 0.900 bits per heavy atom. The Hall–Kier alpha value is -1.36. The van der Waals surface area contributed by atoms with Crippen molar-refractivity contribution in [3.8, 4) is 5.75 Å². The zero-order valence-electron chi connectivity index (χ0n) is 19.3. The third kappa shape index (κ3) is 13.0. The Labute approximate surface area is 184 Å². The number of aliphatic hydroxyl groups excluding tert-OH is 2. The van der Waals surface area contributed by atoms with Gasteiger partial charge in [0.05, 0.1) is 25.9 Å². The number of ether oxygens (including phenoxy) is 1. The molecular weight excluding hydrogens is 374 g/mol. The van der Waals surface area contributed by atoms with Crippen LogP contribution in [0.25, 0.3) is 0 Å². The van der Waals surface area contributed by atoms with Crippen LogP contribution in [0.1, 0.15) is 89.5 Å². The van der Waals surface area contributed by atoms with Gasteiger partial charge in [0.2, 0.25) is 0 Å². The molecule has 0 amide bonds. The van der Waals surface area contributed by atoms with Crippen molar-refractivity contribution < 1.29 is 14.9 Å². The van der Waals surface area contributed by atoms with E-state index >= 15 is 0 Å². The van der Waals surface area contributed by atoms with Crippen LogP contribution in [-0.4, -0.2) is 36.1 Å². The number of aliphatic hydroxyl groups is 2. The molecule has 0 bridgehead atoms. The van der Waals surface area contributed by atoms with Gasteiger partial charge in [-0.25, -0.2) is 0 Å². The van der Waals surface area contributed by atoms with Crippen LogP contribution in [-0.2, 0) is 6.54 Å². The lowest BCUT2D eigenvalue weighted by atomic mass is 10.0. The molecule has 0 aromatic heterocycles. The second-order valence-corrected chi connectivity index (χ2v) is 8.26. The number of methoxy groups -OCH3 is 1. The predicted molar refractivity (Wildman–Crippen MR) is 127 cm³/mol. The van der Waals surface area contributed by atoms with Crippen molar-refractivity contribution in [3.05, 3.63) is 42.0 Å². The minimum atomic E-state index is -0.680. The maximum absolute atomic E-state index is 10.3. The van der Waals surface area contributed by atoms with E-state index in [-0.39, 0.29) is 12.6 Å². The van der Waals surface area contributed by atoms with Crippen LogP contribution >= 0.6 is 0 Å². The lowest BCUT2D eigenvalue weighted by Gasteiger charge is -2.20. The van der Waals surface area contributed by atoms with Gasteiger partial charge in [-0.05, 0) is 30.5 Å². The van der Waals surface area contributed by atoms with Crippen LogP contribution in [0.4, 0.5) is 0 Å². The van der Waals surface area contributed by atoms with E-state index in [1.54, 1.807) is 7.11 Å². The summed E-state index contributed by atoms with van der Waals surface area (Å²) >= 11 is 0. The fourth-order valence-corrected chi connectivity index (χ4v) is 3.58. The number of rotatable bonds is 19. The minimum Gasteiger partial charge on any atom is -0.497 e. The summed E-state index contributed by atoms with van der Waals surface area (Å²) in [6.07, 6.45) is 19.0. The lowest BCUT2D eigenvalue weighted by molar-refractivity contribution is 0.122. The van der Waals surface area contributed by atoms with Gasteiger partial charge in [-0.15, -0.1) is 0 Å². The molecule has 1 aromatic rings. The van der Waals surface area contributed by atoms with Crippen LogP contribution in [0.3, 0.4) is 0 Å². The fraction of sp³-hybridized carbons (Fsp3) is 0.692. The molecule has 0 heterocycles. The van der Waals surface area contributed by atoms with Gasteiger partial charge in [-0.1, -0.05) is 95.4 Å². The topological polar surface area (TPSA) is 61.7 Å². The molecule has 0 aliphatic rings. The number of hydrogen-bond donors (Lipinski definition) is 3. The van der Waals surface area contributed by atoms with Crippen molar-refractivity contribution >= 4 is 0 Å². The Morgan fingerprint density at radius 2 is 1.47 bits per heavy atom. The first-order valence-electron chi connectivity index (χ1n) is 12.0. The Balaban J connectivity index is 2.07. The van der Waals surface area contributed by atoms with Crippen molar-refractivity contribution in [2.24, 2.45) is 0 Å². The van der Waals surface area contributed by atoms with E-state index in [0.717, 1.165) is 17.7 Å². The molecule has 4 nitrogen and oxygen atoms in total. The molecule has 0 fully saturated rings. The smallest absolute Gasteiger partial charge is 0.118 e. The van der Waals surface area contributed by atoms with Crippen molar-refractivity contribution in [2.75, 3.05) is 13.7 Å². The van der Waals surface area contributed by atoms with Crippen LogP contribution in [0, 0.1) is 0 Å². The lowest BCUT2D eigenvalue weighted by Crippen LogP contribution is -2.41. The van der Waals surface area contributed by atoms with Crippen molar-refractivity contribution in [1.82, 2.24) is 5.32 Å². The number of unbranched alkanes of at least 4 members (excludes halogenated alkanes) is 11. The molecule has 3 N–H and O–H groups in total. The molecule has 0 saturated carbocycles. The second-order valence-electron chi connectivity index (χ2n) is 8.26. The summed E-state index contributed by atoms with van der Waals surface area (Å²) in [5.74, 6) is 0.822. The number of hydrogen-bond acceptors (Lipinski definition) is 4. The molecule has 172 valence electrons. The SMILES string of the molecule is CCCCCCCCCCCCC/C=C/[C@@H](O)[C@H](CO)NCc1ccc(OC)cc1. The molecule has 0 unspecified atom stereocenters. The molecule has 2 atom stereocenters. The van der Waals surface area contributed by atoms with Gasteiger partial charge >= 0.3 is 0 Å². The summed E-state index contributed by atoms with van der Waals surface area (Å²) in [6.45, 7) is 2.76. The maximum atomic E-state index is 10.3. The largest absolute Gasteiger partial charge is 0.497 e. The summed E-state index contributed by atoms with van der Waals surface area (Å²) in [5.41, 5.74) is 1.09. The monoisotopic (exact) mass is 419 g/mol. The molecule has 1 rings (SSSR count). The number of nitrogens with one attached hydrogen (secondary N) is 1. The third-order valence-corrected chi connectivity index (χ3v) is 5.64. The van der Waals surface area contributed by atoms with Gasteiger partial charge in [0, 0.05) is 6.54 Å². The number of allylic oxidation sites excluding steroid dienone is 1. The van der Waals surface area contributed by atoms with E-state index < -0.39 is 6.10 Å². The summed E-state index contributed by atoms with van der Waals surface area (Å²) < 4.78 is 5.16. The summed E-state index contributed by atoms with van der Waals surface area (Å²) in [5, 5.41) is 23.1. The van der Waals surface area contributed by atoms with E-state index in [2.05, 4.69) is 18.3 Å². The Bertz CT molecular complexity index is 530. The molecule has 0 spiro atoms. The van der Waals surface area contributed by atoms with Gasteiger partial charge in [0.1, 0.15) is 5.75 Å². The molecule has 4 heteroatoms. The van der Waals surface area contributed by atoms with Crippen LogP contribution < -0.4 is 10.1 Å². The van der Waals surface area contributed by atoms with Crippen molar-refractivity contribution in [1.29, 1.82) is 0 Å². The van der Waals surface area contributed by atoms with E-state index in [4.69, 9.17) is 4.74 Å². The molecule has 0 radical (unpaired) electrons.